The summed E-state index contributed by atoms with van der Waals surface area (Å²) >= 11 is 0. The van der Waals surface area contributed by atoms with Crippen LogP contribution in [0, 0.1) is 6.92 Å². The molecule has 0 radical (unpaired) electrons. The van der Waals surface area contributed by atoms with Crippen molar-refractivity contribution in [1.29, 1.82) is 0 Å². The summed E-state index contributed by atoms with van der Waals surface area (Å²) in [5, 5.41) is 0. The number of hydrogen-bond acceptors (Lipinski definition) is 4. The minimum Gasteiger partial charge on any atom is -0.385 e. The predicted molar refractivity (Wildman–Crippen MR) is 107 cm³/mol. The van der Waals surface area contributed by atoms with Crippen molar-refractivity contribution in [2.24, 2.45) is 0 Å². The second-order valence-corrected chi connectivity index (χ2v) is 7.93. The number of rotatable bonds is 9. The highest BCUT2D eigenvalue weighted by atomic mass is 32.2. The van der Waals surface area contributed by atoms with Gasteiger partial charge in [-0.2, -0.15) is 0 Å². The van der Waals surface area contributed by atoms with Gasteiger partial charge in [0, 0.05) is 38.1 Å². The van der Waals surface area contributed by atoms with E-state index in [9.17, 15) is 13.2 Å². The molecule has 7 heteroatoms. The molecular weight excluding hydrogens is 364 g/mol. The molecule has 0 aliphatic heterocycles. The number of carbonyl (C=O) groups excluding carboxylic acids is 1. The smallest absolute Gasteiger partial charge is 0.258 e. The monoisotopic (exact) mass is 390 g/mol. The van der Waals surface area contributed by atoms with Crippen LogP contribution in [0.2, 0.25) is 0 Å². The first-order valence-corrected chi connectivity index (χ1v) is 10.3. The molecule has 0 heterocycles. The Morgan fingerprint density at radius 3 is 2.56 bits per heavy atom. The second kappa shape index (κ2) is 9.64. The molecule has 0 fully saturated rings. The lowest BCUT2D eigenvalue weighted by atomic mass is 10.1. The highest BCUT2D eigenvalue weighted by molar-refractivity contribution is 7.89. The molecule has 0 aliphatic rings. The topological polar surface area (TPSA) is 75.7 Å². The van der Waals surface area contributed by atoms with Gasteiger partial charge in [-0.25, -0.2) is 13.1 Å². The van der Waals surface area contributed by atoms with Crippen LogP contribution in [0.25, 0.3) is 0 Å². The first-order chi connectivity index (χ1) is 12.9. The lowest BCUT2D eigenvalue weighted by Gasteiger charge is -2.22. The number of nitrogens with one attached hydrogen (secondary N) is 1. The molecule has 2 aromatic carbocycles. The third-order valence-electron chi connectivity index (χ3n) is 4.08. The molecule has 27 heavy (non-hydrogen) atoms. The molecule has 1 N–H and O–H groups in total. The number of ether oxygens (including phenoxy) is 1. The SMILES string of the molecule is CCN(C(=O)c1cccc(S(=O)(=O)NCCCOC)c1)c1cccc(C)c1. The fourth-order valence-corrected chi connectivity index (χ4v) is 3.82. The molecule has 0 aliphatic carbocycles. The maximum absolute atomic E-state index is 13.0. The van der Waals surface area contributed by atoms with Crippen LogP contribution in [0.15, 0.2) is 53.4 Å². The van der Waals surface area contributed by atoms with Crippen molar-refractivity contribution in [3.8, 4) is 0 Å². The highest BCUT2D eigenvalue weighted by Gasteiger charge is 2.20. The molecule has 0 unspecified atom stereocenters. The van der Waals surface area contributed by atoms with Crippen LogP contribution in [-0.2, 0) is 14.8 Å². The summed E-state index contributed by atoms with van der Waals surface area (Å²) in [4.78, 5) is 14.7. The minimum atomic E-state index is -3.68. The zero-order valence-corrected chi connectivity index (χ0v) is 16.8. The third kappa shape index (κ3) is 5.63. The van der Waals surface area contributed by atoms with E-state index in [1.54, 1.807) is 24.1 Å². The normalized spacial score (nSPS) is 11.4. The molecule has 0 saturated heterocycles. The van der Waals surface area contributed by atoms with Gasteiger partial charge in [0.05, 0.1) is 4.90 Å². The van der Waals surface area contributed by atoms with E-state index in [0.29, 0.717) is 25.1 Å². The molecule has 2 aromatic rings. The summed E-state index contributed by atoms with van der Waals surface area (Å²) < 4.78 is 32.3. The molecule has 2 rings (SSSR count). The van der Waals surface area contributed by atoms with Gasteiger partial charge in [-0.3, -0.25) is 4.79 Å². The molecule has 0 atom stereocenters. The van der Waals surface area contributed by atoms with Gasteiger partial charge in [-0.1, -0.05) is 18.2 Å². The number of benzene rings is 2. The van der Waals surface area contributed by atoms with Gasteiger partial charge in [0.2, 0.25) is 10.0 Å². The quantitative estimate of drug-likeness (QED) is 0.668. The number of aryl methyl sites for hydroxylation is 1. The first kappa shape index (κ1) is 21.1. The standard InChI is InChI=1S/C20H26N2O4S/c1-4-22(18-10-5-8-16(2)14-18)20(23)17-9-6-11-19(15-17)27(24,25)21-12-7-13-26-3/h5-6,8-11,14-15,21H,4,7,12-13H2,1-3H3. The van der Waals surface area contributed by atoms with E-state index in [1.807, 2.05) is 38.1 Å². The van der Waals surface area contributed by atoms with E-state index in [-0.39, 0.29) is 17.3 Å². The van der Waals surface area contributed by atoms with E-state index < -0.39 is 10.0 Å². The fraction of sp³-hybridized carbons (Fsp3) is 0.350. The number of sulfonamides is 1. The molecule has 0 aromatic heterocycles. The summed E-state index contributed by atoms with van der Waals surface area (Å²) in [6.07, 6.45) is 0.575. The Balaban J connectivity index is 2.23. The summed E-state index contributed by atoms with van der Waals surface area (Å²) in [5.74, 6) is -0.237. The number of anilines is 1. The minimum absolute atomic E-state index is 0.0751. The second-order valence-electron chi connectivity index (χ2n) is 6.16. The van der Waals surface area contributed by atoms with Crippen LogP contribution in [0.3, 0.4) is 0 Å². The zero-order chi connectivity index (χ0) is 19.9. The van der Waals surface area contributed by atoms with Crippen LogP contribution in [0.4, 0.5) is 5.69 Å². The van der Waals surface area contributed by atoms with Gasteiger partial charge < -0.3 is 9.64 Å². The number of nitrogens with zero attached hydrogens (tertiary/aromatic N) is 1. The van der Waals surface area contributed by atoms with Crippen molar-refractivity contribution in [3.63, 3.8) is 0 Å². The zero-order valence-electron chi connectivity index (χ0n) is 15.9. The van der Waals surface area contributed by atoms with Crippen molar-refractivity contribution in [1.82, 2.24) is 4.72 Å². The molecule has 0 spiro atoms. The Morgan fingerprint density at radius 2 is 1.89 bits per heavy atom. The van der Waals surface area contributed by atoms with Gasteiger partial charge in [0.25, 0.3) is 5.91 Å². The maximum atomic E-state index is 13.0. The Kier molecular flexibility index (Phi) is 7.53. The van der Waals surface area contributed by atoms with Crippen LogP contribution >= 0.6 is 0 Å². The van der Waals surface area contributed by atoms with Crippen LogP contribution in [0.1, 0.15) is 29.3 Å². The van der Waals surface area contributed by atoms with Crippen molar-refractivity contribution in [2.75, 3.05) is 31.7 Å². The molecule has 0 saturated carbocycles. The Morgan fingerprint density at radius 1 is 1.15 bits per heavy atom. The van der Waals surface area contributed by atoms with Gasteiger partial charge in [-0.05, 0) is 56.2 Å². The van der Waals surface area contributed by atoms with Gasteiger partial charge >= 0.3 is 0 Å². The van der Waals surface area contributed by atoms with Gasteiger partial charge in [0.15, 0.2) is 0 Å². The molecule has 0 bridgehead atoms. The average Bonchev–Trinajstić information content (AvgIpc) is 2.66. The number of carbonyl (C=O) groups is 1. The summed E-state index contributed by atoms with van der Waals surface area (Å²) in [6, 6.07) is 13.8. The lowest BCUT2D eigenvalue weighted by Crippen LogP contribution is -2.31. The highest BCUT2D eigenvalue weighted by Crippen LogP contribution is 2.20. The van der Waals surface area contributed by atoms with Crippen LogP contribution in [-0.4, -0.2) is 41.1 Å². The molecule has 1 amide bonds. The van der Waals surface area contributed by atoms with E-state index in [4.69, 9.17) is 4.74 Å². The molecule has 6 nitrogen and oxygen atoms in total. The molecule has 146 valence electrons. The third-order valence-corrected chi connectivity index (χ3v) is 5.54. The van der Waals surface area contributed by atoms with E-state index in [2.05, 4.69) is 4.72 Å². The van der Waals surface area contributed by atoms with E-state index in [1.165, 1.54) is 12.1 Å². The summed E-state index contributed by atoms with van der Waals surface area (Å²) in [6.45, 7) is 5.08. The van der Waals surface area contributed by atoms with Crippen molar-refractivity contribution < 1.29 is 17.9 Å². The van der Waals surface area contributed by atoms with E-state index in [0.717, 1.165) is 11.3 Å². The number of methoxy groups -OCH3 is 1. The maximum Gasteiger partial charge on any atom is 0.258 e. The van der Waals surface area contributed by atoms with Crippen molar-refractivity contribution >= 4 is 21.6 Å². The number of amides is 1. The van der Waals surface area contributed by atoms with Crippen molar-refractivity contribution in [2.45, 2.75) is 25.2 Å². The Labute approximate surface area is 161 Å². The number of hydrogen-bond donors (Lipinski definition) is 1. The fourth-order valence-electron chi connectivity index (χ4n) is 2.70. The largest absolute Gasteiger partial charge is 0.385 e. The first-order valence-electron chi connectivity index (χ1n) is 8.86. The van der Waals surface area contributed by atoms with E-state index >= 15 is 0 Å². The predicted octanol–water partition coefficient (Wildman–Crippen LogP) is 2.98. The van der Waals surface area contributed by atoms with Crippen molar-refractivity contribution in [3.05, 3.63) is 59.7 Å². The Hall–Kier alpha value is -2.22. The average molecular weight is 391 g/mol. The van der Waals surface area contributed by atoms with Crippen LogP contribution in [0.5, 0.6) is 0 Å². The van der Waals surface area contributed by atoms with Gasteiger partial charge in [-0.15, -0.1) is 0 Å². The molecular formula is C20H26N2O4S. The lowest BCUT2D eigenvalue weighted by molar-refractivity contribution is 0.0988. The van der Waals surface area contributed by atoms with Crippen LogP contribution < -0.4 is 9.62 Å². The van der Waals surface area contributed by atoms with Gasteiger partial charge in [0.1, 0.15) is 0 Å². The summed E-state index contributed by atoms with van der Waals surface area (Å²) in [5.41, 5.74) is 2.17. The summed E-state index contributed by atoms with van der Waals surface area (Å²) in [7, 11) is -2.11. The Bertz CT molecular complexity index is 881.